The maximum absolute atomic E-state index is 11.6. The highest BCUT2D eigenvalue weighted by atomic mass is 16.1. The van der Waals surface area contributed by atoms with E-state index in [1.54, 1.807) is 0 Å². The fraction of sp³-hybridized carbons (Fsp3) is 0.462. The number of Topliss-reactive ketones (excluding diaryl/α,β-unsaturated/α-hetero) is 1. The highest BCUT2D eigenvalue weighted by molar-refractivity contribution is 5.83. The predicted octanol–water partition coefficient (Wildman–Crippen LogP) is 3.23. The molecule has 0 amide bonds. The summed E-state index contributed by atoms with van der Waals surface area (Å²) in [4.78, 5) is 11.6. The molecule has 0 fully saturated rings. The average Bonchev–Trinajstić information content (AvgIpc) is 2.14. The Morgan fingerprint density at radius 3 is 2.21 bits per heavy atom. The van der Waals surface area contributed by atoms with E-state index in [4.69, 9.17) is 0 Å². The Bertz CT molecular complexity index is 293. The molecule has 0 aliphatic rings. The van der Waals surface area contributed by atoms with E-state index >= 15 is 0 Å². The number of hydrogen-bond donors (Lipinski definition) is 0. The summed E-state index contributed by atoms with van der Waals surface area (Å²) in [6, 6.07) is 10.1. The van der Waals surface area contributed by atoms with Crippen LogP contribution in [0.3, 0.4) is 0 Å². The van der Waals surface area contributed by atoms with Crippen LogP contribution in [0.1, 0.15) is 32.8 Å². The third-order valence-corrected chi connectivity index (χ3v) is 2.32. The molecule has 0 aliphatic carbocycles. The number of carbonyl (C=O) groups excluding carboxylic acids is 1. The molecule has 76 valence electrons. The molecule has 0 heterocycles. The molecule has 0 bridgehead atoms. The van der Waals surface area contributed by atoms with Crippen molar-refractivity contribution in [2.24, 2.45) is 5.41 Å². The third kappa shape index (κ3) is 3.33. The summed E-state index contributed by atoms with van der Waals surface area (Å²) in [7, 11) is 0. The molecule has 0 saturated heterocycles. The van der Waals surface area contributed by atoms with Crippen molar-refractivity contribution in [3.8, 4) is 0 Å². The minimum atomic E-state index is -0.200. The van der Waals surface area contributed by atoms with E-state index in [-0.39, 0.29) is 5.41 Å². The lowest BCUT2D eigenvalue weighted by Gasteiger charge is -2.16. The van der Waals surface area contributed by atoms with E-state index in [0.717, 1.165) is 6.42 Å². The number of aryl methyl sites for hydroxylation is 1. The molecule has 0 spiro atoms. The van der Waals surface area contributed by atoms with Gasteiger partial charge in [-0.15, -0.1) is 0 Å². The number of rotatable bonds is 3. The van der Waals surface area contributed by atoms with Gasteiger partial charge in [0.15, 0.2) is 0 Å². The number of ketones is 1. The van der Waals surface area contributed by atoms with E-state index < -0.39 is 0 Å². The summed E-state index contributed by atoms with van der Waals surface area (Å²) in [6.45, 7) is 5.92. The lowest BCUT2D eigenvalue weighted by Crippen LogP contribution is -2.20. The standard InChI is InChI=1S/C13H18O/c1-13(2,3)12(14)10-9-11-7-5-4-6-8-11/h4-8H,9-10H2,1-3H3. The lowest BCUT2D eigenvalue weighted by atomic mass is 9.87. The van der Waals surface area contributed by atoms with Crippen LogP contribution < -0.4 is 0 Å². The molecule has 0 aromatic heterocycles. The molecular formula is C13H18O. The molecule has 14 heavy (non-hydrogen) atoms. The van der Waals surface area contributed by atoms with Gasteiger partial charge in [-0.3, -0.25) is 4.79 Å². The van der Waals surface area contributed by atoms with Crippen molar-refractivity contribution in [3.63, 3.8) is 0 Å². The second kappa shape index (κ2) is 4.41. The Balaban J connectivity index is 2.46. The fourth-order valence-corrected chi connectivity index (χ4v) is 1.28. The maximum Gasteiger partial charge on any atom is 0.138 e. The molecule has 0 radical (unpaired) electrons. The largest absolute Gasteiger partial charge is 0.299 e. The molecule has 0 aliphatic heterocycles. The van der Waals surface area contributed by atoms with Gasteiger partial charge < -0.3 is 0 Å². The molecule has 1 heteroatoms. The van der Waals surface area contributed by atoms with Crippen LogP contribution in [0.4, 0.5) is 0 Å². The van der Waals surface area contributed by atoms with Gasteiger partial charge in [0, 0.05) is 11.8 Å². The first-order chi connectivity index (χ1) is 6.50. The summed E-state index contributed by atoms with van der Waals surface area (Å²) in [5, 5.41) is 0. The Labute approximate surface area is 86.1 Å². The van der Waals surface area contributed by atoms with E-state index in [0.29, 0.717) is 12.2 Å². The van der Waals surface area contributed by atoms with Gasteiger partial charge in [0.1, 0.15) is 5.78 Å². The van der Waals surface area contributed by atoms with Crippen molar-refractivity contribution in [3.05, 3.63) is 35.9 Å². The highest BCUT2D eigenvalue weighted by Crippen LogP contribution is 2.18. The van der Waals surface area contributed by atoms with Crippen LogP contribution in [-0.4, -0.2) is 5.78 Å². The van der Waals surface area contributed by atoms with Crippen LogP contribution in [-0.2, 0) is 11.2 Å². The van der Waals surface area contributed by atoms with Crippen LogP contribution in [0.2, 0.25) is 0 Å². The summed E-state index contributed by atoms with van der Waals surface area (Å²) < 4.78 is 0. The summed E-state index contributed by atoms with van der Waals surface area (Å²) in [5.74, 6) is 0.335. The van der Waals surface area contributed by atoms with Crippen LogP contribution in [0.15, 0.2) is 30.3 Å². The molecule has 1 rings (SSSR count). The average molecular weight is 190 g/mol. The second-order valence-corrected chi connectivity index (χ2v) is 4.66. The summed E-state index contributed by atoms with van der Waals surface area (Å²) >= 11 is 0. The van der Waals surface area contributed by atoms with Crippen molar-refractivity contribution < 1.29 is 4.79 Å². The SMILES string of the molecule is CC(C)(C)C(=O)CCc1ccccc1. The van der Waals surface area contributed by atoms with Crippen molar-refractivity contribution in [2.45, 2.75) is 33.6 Å². The number of hydrogen-bond acceptors (Lipinski definition) is 1. The van der Waals surface area contributed by atoms with Crippen LogP contribution in [0.25, 0.3) is 0 Å². The van der Waals surface area contributed by atoms with Gasteiger partial charge in [0.2, 0.25) is 0 Å². The zero-order valence-corrected chi connectivity index (χ0v) is 9.21. The van der Waals surface area contributed by atoms with Crippen molar-refractivity contribution >= 4 is 5.78 Å². The van der Waals surface area contributed by atoms with Crippen LogP contribution >= 0.6 is 0 Å². The second-order valence-electron chi connectivity index (χ2n) is 4.66. The van der Waals surface area contributed by atoms with Crippen LogP contribution in [0.5, 0.6) is 0 Å². The third-order valence-electron chi connectivity index (χ3n) is 2.32. The topological polar surface area (TPSA) is 17.1 Å². The minimum Gasteiger partial charge on any atom is -0.299 e. The predicted molar refractivity (Wildman–Crippen MR) is 59.2 cm³/mol. The molecule has 1 aromatic carbocycles. The summed E-state index contributed by atoms with van der Waals surface area (Å²) in [5.41, 5.74) is 1.04. The Morgan fingerprint density at radius 1 is 1.14 bits per heavy atom. The number of benzene rings is 1. The van der Waals surface area contributed by atoms with Gasteiger partial charge in [-0.05, 0) is 12.0 Å². The quantitative estimate of drug-likeness (QED) is 0.715. The first-order valence-corrected chi connectivity index (χ1v) is 5.07. The van der Waals surface area contributed by atoms with Gasteiger partial charge in [-0.25, -0.2) is 0 Å². The van der Waals surface area contributed by atoms with Gasteiger partial charge in [0.05, 0.1) is 0 Å². The summed E-state index contributed by atoms with van der Waals surface area (Å²) in [6.07, 6.45) is 1.50. The zero-order valence-electron chi connectivity index (χ0n) is 9.21. The van der Waals surface area contributed by atoms with E-state index in [2.05, 4.69) is 12.1 Å². The molecular weight excluding hydrogens is 172 g/mol. The van der Waals surface area contributed by atoms with Gasteiger partial charge in [0.25, 0.3) is 0 Å². The van der Waals surface area contributed by atoms with Gasteiger partial charge >= 0.3 is 0 Å². The fourth-order valence-electron chi connectivity index (χ4n) is 1.28. The first kappa shape index (κ1) is 11.0. The number of carbonyl (C=O) groups is 1. The van der Waals surface area contributed by atoms with E-state index in [1.165, 1.54) is 5.56 Å². The normalized spacial score (nSPS) is 11.4. The molecule has 0 atom stereocenters. The van der Waals surface area contributed by atoms with Crippen molar-refractivity contribution in [1.82, 2.24) is 0 Å². The highest BCUT2D eigenvalue weighted by Gasteiger charge is 2.20. The maximum atomic E-state index is 11.6. The Kier molecular flexibility index (Phi) is 3.45. The van der Waals surface area contributed by atoms with Gasteiger partial charge in [-0.1, -0.05) is 51.1 Å². The smallest absolute Gasteiger partial charge is 0.138 e. The van der Waals surface area contributed by atoms with Crippen LogP contribution in [0, 0.1) is 5.41 Å². The first-order valence-electron chi connectivity index (χ1n) is 5.07. The molecule has 0 unspecified atom stereocenters. The lowest BCUT2D eigenvalue weighted by molar-refractivity contribution is -0.126. The minimum absolute atomic E-state index is 0.200. The molecule has 1 nitrogen and oxygen atoms in total. The Hall–Kier alpha value is -1.11. The van der Waals surface area contributed by atoms with Gasteiger partial charge in [-0.2, -0.15) is 0 Å². The Morgan fingerprint density at radius 2 is 1.71 bits per heavy atom. The van der Waals surface area contributed by atoms with E-state index in [1.807, 2.05) is 39.0 Å². The monoisotopic (exact) mass is 190 g/mol. The molecule has 0 N–H and O–H groups in total. The zero-order chi connectivity index (χ0) is 10.6. The van der Waals surface area contributed by atoms with Crippen molar-refractivity contribution in [2.75, 3.05) is 0 Å². The molecule has 0 saturated carbocycles. The van der Waals surface area contributed by atoms with Crippen molar-refractivity contribution in [1.29, 1.82) is 0 Å². The van der Waals surface area contributed by atoms with E-state index in [9.17, 15) is 4.79 Å². The molecule has 1 aromatic rings.